The van der Waals surface area contributed by atoms with E-state index in [4.69, 9.17) is 4.74 Å². The standard InChI is InChI=1S/C24H25N5O5/c1-27-16-20(7-8-22(27)30)24(31)26-25-15-19-6-5-18(23(19)28-9-11-34-12-10-28)13-17-3-2-4-21(14-17)29(32)33/h2-4,7-8,13-16H,5-6,9-12H2,1H3,(H,26,31)/b18-13-,25-15+. The smallest absolute Gasteiger partial charge is 0.272 e. The van der Waals surface area contributed by atoms with E-state index in [1.54, 1.807) is 25.4 Å². The maximum absolute atomic E-state index is 12.4. The Hall–Kier alpha value is -4.05. The summed E-state index contributed by atoms with van der Waals surface area (Å²) in [7, 11) is 1.58. The first-order valence-electron chi connectivity index (χ1n) is 10.9. The van der Waals surface area contributed by atoms with Crippen molar-refractivity contribution in [3.05, 3.63) is 91.0 Å². The van der Waals surface area contributed by atoms with Crippen molar-refractivity contribution < 1.29 is 14.5 Å². The first-order chi connectivity index (χ1) is 16.4. The summed E-state index contributed by atoms with van der Waals surface area (Å²) in [6.07, 6.45) is 6.57. The lowest BCUT2D eigenvalue weighted by Gasteiger charge is -2.31. The fourth-order valence-electron chi connectivity index (χ4n) is 4.06. The van der Waals surface area contributed by atoms with Crippen LogP contribution in [-0.2, 0) is 11.8 Å². The Balaban J connectivity index is 1.59. The zero-order valence-electron chi connectivity index (χ0n) is 18.8. The van der Waals surface area contributed by atoms with E-state index < -0.39 is 10.8 Å². The third kappa shape index (κ3) is 5.29. The van der Waals surface area contributed by atoms with Crippen LogP contribution in [0.1, 0.15) is 28.8 Å². The molecular formula is C24H25N5O5. The molecule has 176 valence electrons. The Kier molecular flexibility index (Phi) is 6.98. The number of rotatable bonds is 6. The SMILES string of the molecule is Cn1cc(C(=O)N/N=C/C2=C(N3CCOCC3)C(=C\c3cccc([N+](=O)[O-])c3)/CC2)ccc1=O. The molecule has 1 N–H and O–H groups in total. The Bertz CT molecular complexity index is 1250. The normalized spacial score (nSPS) is 17.6. The zero-order valence-corrected chi connectivity index (χ0v) is 18.8. The summed E-state index contributed by atoms with van der Waals surface area (Å²) in [6.45, 7) is 2.68. The van der Waals surface area contributed by atoms with E-state index >= 15 is 0 Å². The van der Waals surface area contributed by atoms with E-state index in [0.29, 0.717) is 18.8 Å². The lowest BCUT2D eigenvalue weighted by Crippen LogP contribution is -2.36. The summed E-state index contributed by atoms with van der Waals surface area (Å²) in [5, 5.41) is 15.3. The molecule has 0 radical (unpaired) electrons. The molecule has 1 amide bonds. The van der Waals surface area contributed by atoms with Gasteiger partial charge >= 0.3 is 0 Å². The maximum atomic E-state index is 12.4. The van der Waals surface area contributed by atoms with Gasteiger partial charge < -0.3 is 14.2 Å². The second-order valence-corrected chi connectivity index (χ2v) is 8.06. The number of allylic oxidation sites excluding steroid dienone is 2. The number of aromatic nitrogens is 1. The van der Waals surface area contributed by atoms with Crippen LogP contribution in [0.25, 0.3) is 6.08 Å². The van der Waals surface area contributed by atoms with Gasteiger partial charge in [-0.3, -0.25) is 19.7 Å². The number of pyridine rings is 1. The van der Waals surface area contributed by atoms with Crippen LogP contribution in [0.15, 0.2) is 69.3 Å². The molecule has 2 aromatic rings. The quantitative estimate of drug-likeness (QED) is 0.399. The summed E-state index contributed by atoms with van der Waals surface area (Å²) < 4.78 is 6.83. The number of hydrogen-bond donors (Lipinski definition) is 1. The van der Waals surface area contributed by atoms with Gasteiger partial charge in [-0.05, 0) is 41.7 Å². The largest absolute Gasteiger partial charge is 0.378 e. The third-order valence-electron chi connectivity index (χ3n) is 5.76. The number of ether oxygens (including phenoxy) is 1. The van der Waals surface area contributed by atoms with Gasteiger partial charge in [0.2, 0.25) is 5.56 Å². The fraction of sp³-hybridized carbons (Fsp3) is 0.292. The molecule has 4 rings (SSSR count). The molecule has 0 atom stereocenters. The highest BCUT2D eigenvalue weighted by atomic mass is 16.6. The van der Waals surface area contributed by atoms with E-state index in [1.165, 1.54) is 29.0 Å². The van der Waals surface area contributed by atoms with Gasteiger partial charge in [0.1, 0.15) is 0 Å². The third-order valence-corrected chi connectivity index (χ3v) is 5.76. The number of non-ortho nitro benzene ring substituents is 1. The zero-order chi connectivity index (χ0) is 24.1. The van der Waals surface area contributed by atoms with Crippen molar-refractivity contribution in [3.8, 4) is 0 Å². The topological polar surface area (TPSA) is 119 Å². The van der Waals surface area contributed by atoms with E-state index in [9.17, 15) is 19.7 Å². The van der Waals surface area contributed by atoms with Crippen molar-refractivity contribution in [3.63, 3.8) is 0 Å². The van der Waals surface area contributed by atoms with Gasteiger partial charge in [0.05, 0.1) is 29.9 Å². The van der Waals surface area contributed by atoms with Crippen LogP contribution in [0.2, 0.25) is 0 Å². The Morgan fingerprint density at radius 3 is 2.74 bits per heavy atom. The van der Waals surface area contributed by atoms with Gasteiger partial charge in [0.15, 0.2) is 0 Å². The van der Waals surface area contributed by atoms with Gasteiger partial charge in [-0.1, -0.05) is 12.1 Å². The summed E-state index contributed by atoms with van der Waals surface area (Å²) in [4.78, 5) is 36.9. The number of hydrazone groups is 1. The molecule has 2 aliphatic rings. The van der Waals surface area contributed by atoms with E-state index in [1.807, 2.05) is 12.1 Å². The second-order valence-electron chi connectivity index (χ2n) is 8.06. The molecule has 0 saturated carbocycles. The lowest BCUT2D eigenvalue weighted by atomic mass is 10.1. The predicted octanol–water partition coefficient (Wildman–Crippen LogP) is 2.47. The molecule has 1 aromatic carbocycles. The number of amides is 1. The van der Waals surface area contributed by atoms with Crippen LogP contribution in [0.3, 0.4) is 0 Å². The number of aryl methyl sites for hydroxylation is 1. The molecule has 1 aliphatic heterocycles. The molecular weight excluding hydrogens is 438 g/mol. The van der Waals surface area contributed by atoms with Crippen LogP contribution in [0.5, 0.6) is 0 Å². The molecule has 0 spiro atoms. The Labute approximate surface area is 196 Å². The number of nitro groups is 1. The molecule has 1 saturated heterocycles. The van der Waals surface area contributed by atoms with Gasteiger partial charge in [0.25, 0.3) is 11.6 Å². The van der Waals surface area contributed by atoms with Crippen molar-refractivity contribution in [1.82, 2.24) is 14.9 Å². The van der Waals surface area contributed by atoms with Crippen LogP contribution in [-0.4, -0.2) is 52.8 Å². The van der Waals surface area contributed by atoms with Gasteiger partial charge in [-0.15, -0.1) is 0 Å². The molecule has 10 heteroatoms. The summed E-state index contributed by atoms with van der Waals surface area (Å²) in [6, 6.07) is 9.34. The molecule has 0 unspecified atom stereocenters. The van der Waals surface area contributed by atoms with Crippen LogP contribution in [0.4, 0.5) is 5.69 Å². The molecule has 0 bridgehead atoms. The highest BCUT2D eigenvalue weighted by Crippen LogP contribution is 2.35. The van der Waals surface area contributed by atoms with Gasteiger partial charge in [0, 0.05) is 50.2 Å². The van der Waals surface area contributed by atoms with E-state index in [2.05, 4.69) is 15.4 Å². The number of hydrogen-bond acceptors (Lipinski definition) is 7. The van der Waals surface area contributed by atoms with Crippen LogP contribution >= 0.6 is 0 Å². The fourth-order valence-corrected chi connectivity index (χ4v) is 4.06. The Morgan fingerprint density at radius 1 is 1.21 bits per heavy atom. The molecule has 10 nitrogen and oxygen atoms in total. The van der Waals surface area contributed by atoms with Gasteiger partial charge in [-0.2, -0.15) is 5.10 Å². The first-order valence-corrected chi connectivity index (χ1v) is 10.9. The van der Waals surface area contributed by atoms with Gasteiger partial charge in [-0.25, -0.2) is 5.43 Å². The van der Waals surface area contributed by atoms with Crippen molar-refractivity contribution in [2.24, 2.45) is 12.1 Å². The van der Waals surface area contributed by atoms with Crippen LogP contribution < -0.4 is 11.0 Å². The average Bonchev–Trinajstić information content (AvgIpc) is 3.23. The van der Waals surface area contributed by atoms with E-state index in [-0.39, 0.29) is 11.2 Å². The number of nitrogens with zero attached hydrogens (tertiary/aromatic N) is 4. The molecule has 1 aromatic heterocycles. The minimum atomic E-state index is -0.411. The highest BCUT2D eigenvalue weighted by molar-refractivity contribution is 5.94. The van der Waals surface area contributed by atoms with Crippen LogP contribution in [0, 0.1) is 10.1 Å². The number of benzene rings is 1. The Morgan fingerprint density at radius 2 is 2.00 bits per heavy atom. The van der Waals surface area contributed by atoms with Crippen molar-refractivity contribution in [2.45, 2.75) is 12.8 Å². The van der Waals surface area contributed by atoms with E-state index in [0.717, 1.165) is 48.3 Å². The minimum Gasteiger partial charge on any atom is -0.378 e. The molecule has 2 heterocycles. The number of carbonyl (C=O) groups excluding carboxylic acids is 1. The van der Waals surface area contributed by atoms with Crippen molar-refractivity contribution in [2.75, 3.05) is 26.3 Å². The number of nitrogens with one attached hydrogen (secondary N) is 1. The number of nitro benzene ring substituents is 1. The van der Waals surface area contributed by atoms with Crippen molar-refractivity contribution in [1.29, 1.82) is 0 Å². The highest BCUT2D eigenvalue weighted by Gasteiger charge is 2.25. The first kappa shape index (κ1) is 23.1. The summed E-state index contributed by atoms with van der Waals surface area (Å²) >= 11 is 0. The van der Waals surface area contributed by atoms with Crippen molar-refractivity contribution >= 4 is 23.9 Å². The predicted molar refractivity (Wildman–Crippen MR) is 127 cm³/mol. The molecule has 1 fully saturated rings. The lowest BCUT2D eigenvalue weighted by molar-refractivity contribution is -0.384. The summed E-state index contributed by atoms with van der Waals surface area (Å²) in [5.74, 6) is -0.411. The number of morpholine rings is 1. The number of carbonyl (C=O) groups is 1. The maximum Gasteiger partial charge on any atom is 0.272 e. The summed E-state index contributed by atoms with van der Waals surface area (Å²) in [5.41, 5.74) is 6.52. The average molecular weight is 463 g/mol. The second kappa shape index (κ2) is 10.3. The minimum absolute atomic E-state index is 0.0483. The molecule has 1 aliphatic carbocycles. The molecule has 34 heavy (non-hydrogen) atoms. The monoisotopic (exact) mass is 463 g/mol.